The maximum atomic E-state index is 11.1. The molecule has 2 atom stereocenters. The van der Waals surface area contributed by atoms with Crippen LogP contribution in [0.1, 0.15) is 44.8 Å². The molecule has 45 heavy (non-hydrogen) atoms. The Morgan fingerprint density at radius 2 is 1.11 bits per heavy atom. The number of phenolic OH excluding ortho intramolecular Hbond substituents is 1. The normalized spacial score (nSPS) is 16.4. The summed E-state index contributed by atoms with van der Waals surface area (Å²) in [6.07, 6.45) is 2.84. The summed E-state index contributed by atoms with van der Waals surface area (Å²) in [5.74, 6) is -1.81. The number of hydrogen-bond acceptors (Lipinski definition) is 9. The smallest absolute Gasteiger partial charge is 0.339 e. The van der Waals surface area contributed by atoms with Gasteiger partial charge in [0, 0.05) is 40.5 Å². The lowest BCUT2D eigenvalue weighted by Crippen LogP contribution is -2.17. The molecule has 0 aromatic heterocycles. The first-order chi connectivity index (χ1) is 21.0. The van der Waals surface area contributed by atoms with E-state index in [1.807, 2.05) is 0 Å². The average molecular weight is 659 g/mol. The van der Waals surface area contributed by atoms with E-state index in [2.05, 4.69) is 9.58 Å². The van der Waals surface area contributed by atoms with Crippen molar-refractivity contribution in [1.82, 2.24) is 0 Å². The molecule has 0 bridgehead atoms. The zero-order valence-corrected chi connectivity index (χ0v) is 24.1. The number of carboxylic acids is 1. The van der Waals surface area contributed by atoms with E-state index in [-0.39, 0.29) is 54.8 Å². The van der Waals surface area contributed by atoms with Crippen molar-refractivity contribution < 1.29 is 65.8 Å². The van der Waals surface area contributed by atoms with Crippen LogP contribution in [-0.4, -0.2) is 78.4 Å². The van der Waals surface area contributed by atoms with Crippen molar-refractivity contribution in [2.24, 2.45) is 0 Å². The molecule has 2 aliphatic rings. The molecule has 2 aliphatic carbocycles. The molecule has 234 valence electrons. The molecule has 0 saturated heterocycles. The van der Waals surface area contributed by atoms with Gasteiger partial charge in [0.05, 0.1) is 0 Å². The molecule has 2 unspecified atom stereocenters. The monoisotopic (exact) mass is 658 g/mol. The number of fused-ring (bicyclic) bond motifs is 2. The lowest BCUT2D eigenvalue weighted by Gasteiger charge is -2.15. The lowest BCUT2D eigenvalue weighted by atomic mass is 9.93. The van der Waals surface area contributed by atoms with Gasteiger partial charge in [0.1, 0.15) is 26.9 Å². The Labute approximate surface area is 254 Å². The van der Waals surface area contributed by atoms with Crippen LogP contribution < -0.4 is 0 Å². The van der Waals surface area contributed by atoms with Gasteiger partial charge in [0.15, 0.2) is 12.2 Å². The van der Waals surface area contributed by atoms with Gasteiger partial charge in [-0.05, 0) is 36.4 Å². The Balaban J connectivity index is 0.000000189. The van der Waals surface area contributed by atoms with Gasteiger partial charge in [-0.2, -0.15) is 26.4 Å². The number of benzene rings is 3. The summed E-state index contributed by atoms with van der Waals surface area (Å²) in [6.45, 7) is 0. The number of carboxylic acid groups (broad SMARTS) is 1. The number of aliphatic hydroxyl groups excluding tert-OH is 2. The molecule has 18 heteroatoms. The van der Waals surface area contributed by atoms with Crippen LogP contribution in [0.2, 0.25) is 0 Å². The summed E-state index contributed by atoms with van der Waals surface area (Å²) in [5.41, 5.74) is 17.9. The molecular formula is C27H22N4O12S2. The standard InChI is InChI=1S/2C10H8N2O4S.C7H6O4/c2*11-12-8-5-4-6-7(10(8)13)2-1-3-9(6)17(14,15)16;8-4-1-2-5(7(10)11)6(9)3-4/h2*1-5,10,13H,(H,14,15,16);1-3,8-9H,(H,10,11). The van der Waals surface area contributed by atoms with Gasteiger partial charge in [0.2, 0.25) is 0 Å². The SMILES string of the molecule is O=C(O)c1ccc(O)cc1O.[N-]=[N+]=C1C=Cc2c(cccc2S(=O)(=O)O)C1O.[N-]=[N+]=C1C=Cc2c(cccc2S(=O)(=O)O)C1O. The molecule has 5 rings (SSSR count). The zero-order valence-electron chi connectivity index (χ0n) is 22.4. The number of aromatic hydroxyl groups is 2. The number of phenols is 2. The van der Waals surface area contributed by atoms with Crippen LogP contribution in [0, 0.1) is 0 Å². The summed E-state index contributed by atoms with van der Waals surface area (Å²) >= 11 is 0. The maximum absolute atomic E-state index is 11.1. The van der Waals surface area contributed by atoms with E-state index >= 15 is 0 Å². The van der Waals surface area contributed by atoms with E-state index in [9.17, 15) is 31.8 Å². The summed E-state index contributed by atoms with van der Waals surface area (Å²) in [4.78, 5) is 15.5. The predicted octanol–water partition coefficient (Wildman–Crippen LogP) is 2.12. The average Bonchev–Trinajstić information content (AvgIpc) is 2.97. The molecule has 3 aromatic rings. The van der Waals surface area contributed by atoms with Crippen molar-refractivity contribution in [2.45, 2.75) is 22.0 Å². The van der Waals surface area contributed by atoms with Gasteiger partial charge >= 0.3 is 17.4 Å². The largest absolute Gasteiger partial charge is 0.508 e. The molecule has 0 saturated carbocycles. The second-order valence-electron chi connectivity index (χ2n) is 9.00. The van der Waals surface area contributed by atoms with E-state index in [1.54, 1.807) is 0 Å². The number of rotatable bonds is 3. The van der Waals surface area contributed by atoms with Crippen LogP contribution in [0.3, 0.4) is 0 Å². The predicted molar refractivity (Wildman–Crippen MR) is 154 cm³/mol. The van der Waals surface area contributed by atoms with Crippen molar-refractivity contribution in [3.05, 3.63) is 106 Å². The van der Waals surface area contributed by atoms with Crippen molar-refractivity contribution >= 4 is 49.8 Å². The van der Waals surface area contributed by atoms with Gasteiger partial charge in [-0.3, -0.25) is 9.11 Å². The minimum absolute atomic E-state index is 0.00462. The van der Waals surface area contributed by atoms with Crippen LogP contribution in [0.15, 0.2) is 76.5 Å². The first-order valence-electron chi connectivity index (χ1n) is 12.1. The van der Waals surface area contributed by atoms with E-state index in [0.717, 1.165) is 12.1 Å². The third kappa shape index (κ3) is 7.81. The van der Waals surface area contributed by atoms with Crippen molar-refractivity contribution in [1.29, 1.82) is 0 Å². The van der Waals surface area contributed by atoms with E-state index in [4.69, 9.17) is 35.5 Å². The minimum Gasteiger partial charge on any atom is -0.508 e. The Kier molecular flexibility index (Phi) is 10.3. The Morgan fingerprint density at radius 1 is 0.689 bits per heavy atom. The topological polar surface area (TPSA) is 300 Å². The first-order valence-corrected chi connectivity index (χ1v) is 15.0. The molecule has 0 radical (unpaired) electrons. The molecule has 16 nitrogen and oxygen atoms in total. The van der Waals surface area contributed by atoms with Crippen LogP contribution in [-0.2, 0) is 20.2 Å². The fourth-order valence-electron chi connectivity index (χ4n) is 4.12. The summed E-state index contributed by atoms with van der Waals surface area (Å²) < 4.78 is 62.6. The molecule has 0 aliphatic heterocycles. The number of hydrogen-bond donors (Lipinski definition) is 7. The van der Waals surface area contributed by atoms with Crippen molar-refractivity contribution in [3.8, 4) is 11.5 Å². The number of aliphatic hydroxyl groups is 2. The third-order valence-corrected chi connectivity index (χ3v) is 8.01. The molecule has 0 fully saturated rings. The highest BCUT2D eigenvalue weighted by atomic mass is 32.2. The molecule has 0 spiro atoms. The highest BCUT2D eigenvalue weighted by Gasteiger charge is 2.31. The summed E-state index contributed by atoms with van der Waals surface area (Å²) in [7, 11) is -8.71. The highest BCUT2D eigenvalue weighted by molar-refractivity contribution is 7.86. The van der Waals surface area contributed by atoms with Gasteiger partial charge in [0.25, 0.3) is 20.2 Å². The molecule has 0 amide bonds. The van der Waals surface area contributed by atoms with Crippen molar-refractivity contribution in [3.63, 3.8) is 0 Å². The lowest BCUT2D eigenvalue weighted by molar-refractivity contribution is -0.0191. The van der Waals surface area contributed by atoms with Crippen LogP contribution in [0.4, 0.5) is 0 Å². The zero-order chi connectivity index (χ0) is 33.7. The molecule has 7 N–H and O–H groups in total. The quantitative estimate of drug-likeness (QED) is 0.121. The Bertz CT molecular complexity index is 1940. The van der Waals surface area contributed by atoms with E-state index in [0.29, 0.717) is 0 Å². The van der Waals surface area contributed by atoms with Crippen LogP contribution in [0.5, 0.6) is 11.5 Å². The van der Waals surface area contributed by atoms with Gasteiger partial charge in [-0.1, -0.05) is 24.3 Å². The number of aromatic carboxylic acids is 1. The highest BCUT2D eigenvalue weighted by Crippen LogP contribution is 2.31. The van der Waals surface area contributed by atoms with Gasteiger partial charge < -0.3 is 36.6 Å². The minimum atomic E-state index is -4.36. The maximum Gasteiger partial charge on any atom is 0.339 e. The third-order valence-electron chi connectivity index (χ3n) is 6.19. The number of nitrogens with zero attached hydrogens (tertiary/aromatic N) is 4. The molecule has 3 aromatic carbocycles. The molecular weight excluding hydrogens is 636 g/mol. The summed E-state index contributed by atoms with van der Waals surface area (Å²) in [5, 5.41) is 45.7. The van der Waals surface area contributed by atoms with Gasteiger partial charge in [-0.25, -0.2) is 4.79 Å². The molecule has 0 heterocycles. The van der Waals surface area contributed by atoms with Crippen LogP contribution in [0.25, 0.3) is 23.2 Å². The Morgan fingerprint density at radius 3 is 1.44 bits per heavy atom. The summed E-state index contributed by atoms with van der Waals surface area (Å²) in [6, 6.07) is 11.5. The van der Waals surface area contributed by atoms with Gasteiger partial charge in [-0.15, -0.1) is 0 Å². The van der Waals surface area contributed by atoms with E-state index < -0.39 is 44.2 Å². The second kappa shape index (κ2) is 13.6. The number of carbonyl (C=O) groups is 1. The first kappa shape index (κ1) is 34.2. The second-order valence-corrected chi connectivity index (χ2v) is 11.8. The Hall–Kier alpha value is -5.29. The fourth-order valence-corrected chi connectivity index (χ4v) is 5.55. The van der Waals surface area contributed by atoms with Crippen molar-refractivity contribution in [2.75, 3.05) is 0 Å². The fraction of sp³-hybridized carbons (Fsp3) is 0.0741. The van der Waals surface area contributed by atoms with E-state index in [1.165, 1.54) is 66.8 Å². The van der Waals surface area contributed by atoms with Crippen LogP contribution >= 0.6 is 0 Å².